The van der Waals surface area contributed by atoms with Crippen molar-refractivity contribution in [3.05, 3.63) is 94.5 Å². The van der Waals surface area contributed by atoms with Gasteiger partial charge in [0.25, 0.3) is 5.91 Å². The maximum absolute atomic E-state index is 14.0. The number of halogens is 1. The maximum Gasteiger partial charge on any atom is 0.254 e. The van der Waals surface area contributed by atoms with E-state index in [9.17, 15) is 9.59 Å². The summed E-state index contributed by atoms with van der Waals surface area (Å²) >= 11 is 6.19. The van der Waals surface area contributed by atoms with Gasteiger partial charge in [0.1, 0.15) is 5.75 Å². The first-order valence-electron chi connectivity index (χ1n) is 13.0. The Hall–Kier alpha value is -3.39. The molecule has 3 aromatic rings. The van der Waals surface area contributed by atoms with Crippen LogP contribution in [-0.2, 0) is 9.53 Å². The quantitative estimate of drug-likeness (QED) is 0.442. The Kier molecular flexibility index (Phi) is 8.27. The molecule has 38 heavy (non-hydrogen) atoms. The van der Waals surface area contributed by atoms with E-state index in [-0.39, 0.29) is 11.8 Å². The smallest absolute Gasteiger partial charge is 0.254 e. The number of rotatable bonds is 8. The zero-order valence-corrected chi connectivity index (χ0v) is 22.2. The summed E-state index contributed by atoms with van der Waals surface area (Å²) in [7, 11) is 0. The summed E-state index contributed by atoms with van der Waals surface area (Å²) in [5, 5.41) is 3.59. The molecule has 198 valence electrons. The predicted molar refractivity (Wildman–Crippen MR) is 148 cm³/mol. The zero-order chi connectivity index (χ0) is 26.5. The fourth-order valence-corrected chi connectivity index (χ4v) is 5.47. The molecule has 0 unspecified atom stereocenters. The number of hydrogen-bond acceptors (Lipinski definition) is 5. The van der Waals surface area contributed by atoms with Crippen LogP contribution in [-0.4, -0.2) is 67.6 Å². The molecule has 3 aromatic carbocycles. The van der Waals surface area contributed by atoms with Crippen molar-refractivity contribution in [3.8, 4) is 5.75 Å². The van der Waals surface area contributed by atoms with Crippen LogP contribution in [0.15, 0.2) is 72.8 Å². The fraction of sp³-hybridized carbons (Fsp3) is 0.333. The van der Waals surface area contributed by atoms with Crippen LogP contribution in [0.3, 0.4) is 0 Å². The van der Waals surface area contributed by atoms with Crippen LogP contribution >= 0.6 is 11.6 Å². The Morgan fingerprint density at radius 2 is 1.79 bits per heavy atom. The van der Waals surface area contributed by atoms with Crippen LogP contribution in [0.2, 0.25) is 5.02 Å². The minimum Gasteiger partial charge on any atom is -0.494 e. The SMILES string of the molecule is CCOc1ccc([C@@H]2[C@H](C(=O)Nc3cccc(Cl)c3)c3ccccc3C(=O)N2CCN2CCOCC2)cc1. The van der Waals surface area contributed by atoms with E-state index in [2.05, 4.69) is 10.2 Å². The van der Waals surface area contributed by atoms with Gasteiger partial charge in [0.15, 0.2) is 0 Å². The van der Waals surface area contributed by atoms with Crippen LogP contribution in [0, 0.1) is 0 Å². The van der Waals surface area contributed by atoms with E-state index < -0.39 is 12.0 Å². The molecule has 2 atom stereocenters. The number of morpholine rings is 1. The van der Waals surface area contributed by atoms with E-state index >= 15 is 0 Å². The normalized spacial score (nSPS) is 19.6. The van der Waals surface area contributed by atoms with Gasteiger partial charge in [-0.3, -0.25) is 14.5 Å². The van der Waals surface area contributed by atoms with Gasteiger partial charge < -0.3 is 19.7 Å². The van der Waals surface area contributed by atoms with E-state index in [1.54, 1.807) is 18.2 Å². The molecule has 2 aliphatic rings. The minimum absolute atomic E-state index is 0.0699. The lowest BCUT2D eigenvalue weighted by atomic mass is 9.79. The Balaban J connectivity index is 1.55. The van der Waals surface area contributed by atoms with Gasteiger partial charge in [0, 0.05) is 42.5 Å². The summed E-state index contributed by atoms with van der Waals surface area (Å²) in [5.41, 5.74) is 2.77. The first kappa shape index (κ1) is 26.2. The number of fused-ring (bicyclic) bond motifs is 1. The Morgan fingerprint density at radius 3 is 2.53 bits per heavy atom. The summed E-state index contributed by atoms with van der Waals surface area (Å²) in [5.74, 6) is -0.133. The van der Waals surface area contributed by atoms with Gasteiger partial charge >= 0.3 is 0 Å². The highest BCUT2D eigenvalue weighted by Gasteiger charge is 2.44. The predicted octanol–water partition coefficient (Wildman–Crippen LogP) is 4.99. The summed E-state index contributed by atoms with van der Waals surface area (Å²) in [4.78, 5) is 32.1. The van der Waals surface area contributed by atoms with Crippen molar-refractivity contribution in [2.75, 3.05) is 51.3 Å². The number of hydrogen-bond donors (Lipinski definition) is 1. The van der Waals surface area contributed by atoms with Crippen molar-refractivity contribution in [1.29, 1.82) is 0 Å². The van der Waals surface area contributed by atoms with Crippen molar-refractivity contribution in [1.82, 2.24) is 9.80 Å². The van der Waals surface area contributed by atoms with Crippen molar-refractivity contribution in [2.24, 2.45) is 0 Å². The summed E-state index contributed by atoms with van der Waals surface area (Å²) in [6.07, 6.45) is 0. The van der Waals surface area contributed by atoms with Crippen LogP contribution in [0.4, 0.5) is 5.69 Å². The molecule has 2 heterocycles. The number of ether oxygens (including phenoxy) is 2. The average molecular weight is 534 g/mol. The molecule has 1 saturated heterocycles. The molecule has 2 amide bonds. The highest BCUT2D eigenvalue weighted by molar-refractivity contribution is 6.30. The van der Waals surface area contributed by atoms with E-state index in [0.29, 0.717) is 49.2 Å². The topological polar surface area (TPSA) is 71.1 Å². The second-order valence-corrected chi connectivity index (χ2v) is 9.90. The van der Waals surface area contributed by atoms with Crippen LogP contribution in [0.25, 0.3) is 0 Å². The van der Waals surface area contributed by atoms with Gasteiger partial charge in [0.2, 0.25) is 5.91 Å². The molecule has 0 bridgehead atoms. The van der Waals surface area contributed by atoms with Gasteiger partial charge in [-0.2, -0.15) is 0 Å². The summed E-state index contributed by atoms with van der Waals surface area (Å²) in [6, 6.07) is 21.7. The molecule has 1 fully saturated rings. The number of carbonyl (C=O) groups excluding carboxylic acids is 2. The van der Waals surface area contributed by atoms with E-state index in [4.69, 9.17) is 21.1 Å². The third kappa shape index (κ3) is 5.70. The molecule has 1 N–H and O–H groups in total. The third-order valence-corrected chi connectivity index (χ3v) is 7.34. The standard InChI is InChI=1S/C30H32ClN3O4/c1-2-38-24-12-10-21(11-13-24)28-27(29(35)32-23-7-5-6-22(31)20-23)25-8-3-4-9-26(25)30(36)34(28)15-14-33-16-18-37-19-17-33/h3-13,20,27-28H,2,14-19H2,1H3,(H,32,35)/t27-,28-/m1/s1. The summed E-state index contributed by atoms with van der Waals surface area (Å²) in [6.45, 7) is 6.71. The van der Waals surface area contributed by atoms with Crippen LogP contribution < -0.4 is 10.1 Å². The minimum atomic E-state index is -0.620. The molecule has 5 rings (SSSR count). The number of benzene rings is 3. The molecular weight excluding hydrogens is 502 g/mol. The van der Waals surface area contributed by atoms with Crippen LogP contribution in [0.1, 0.15) is 40.4 Å². The van der Waals surface area contributed by atoms with Crippen molar-refractivity contribution >= 4 is 29.1 Å². The van der Waals surface area contributed by atoms with E-state index in [1.807, 2.05) is 66.4 Å². The molecule has 8 heteroatoms. The maximum atomic E-state index is 14.0. The second kappa shape index (κ2) is 12.0. The number of amides is 2. The number of carbonyl (C=O) groups is 2. The highest BCUT2D eigenvalue weighted by Crippen LogP contribution is 2.43. The third-order valence-electron chi connectivity index (χ3n) is 7.11. The molecule has 2 aliphatic heterocycles. The number of nitrogens with zero attached hydrogens (tertiary/aromatic N) is 2. The van der Waals surface area contributed by atoms with Crippen LogP contribution in [0.5, 0.6) is 5.75 Å². The lowest BCUT2D eigenvalue weighted by Crippen LogP contribution is -2.49. The van der Waals surface area contributed by atoms with Crippen molar-refractivity contribution in [2.45, 2.75) is 18.9 Å². The van der Waals surface area contributed by atoms with Gasteiger partial charge in [-0.1, -0.05) is 48.0 Å². The molecular formula is C30H32ClN3O4. The van der Waals surface area contributed by atoms with Crippen molar-refractivity contribution < 1.29 is 19.1 Å². The van der Waals surface area contributed by atoms with Gasteiger partial charge in [-0.25, -0.2) is 0 Å². The Labute approximate surface area is 228 Å². The Bertz CT molecular complexity index is 1280. The monoisotopic (exact) mass is 533 g/mol. The molecule has 0 saturated carbocycles. The Morgan fingerprint density at radius 1 is 1.03 bits per heavy atom. The van der Waals surface area contributed by atoms with Gasteiger partial charge in [0.05, 0.1) is 31.8 Å². The first-order chi connectivity index (χ1) is 18.5. The second-order valence-electron chi connectivity index (χ2n) is 9.46. The summed E-state index contributed by atoms with van der Waals surface area (Å²) < 4.78 is 11.2. The van der Waals surface area contributed by atoms with E-state index in [1.165, 1.54) is 0 Å². The number of anilines is 1. The fourth-order valence-electron chi connectivity index (χ4n) is 5.28. The molecule has 0 aliphatic carbocycles. The van der Waals surface area contributed by atoms with E-state index in [0.717, 1.165) is 30.0 Å². The largest absolute Gasteiger partial charge is 0.494 e. The molecule has 7 nitrogen and oxygen atoms in total. The zero-order valence-electron chi connectivity index (χ0n) is 21.4. The first-order valence-corrected chi connectivity index (χ1v) is 13.4. The van der Waals surface area contributed by atoms with Gasteiger partial charge in [-0.05, 0) is 54.4 Å². The van der Waals surface area contributed by atoms with Crippen molar-refractivity contribution in [3.63, 3.8) is 0 Å². The highest BCUT2D eigenvalue weighted by atomic mass is 35.5. The molecule has 0 spiro atoms. The molecule has 0 radical (unpaired) electrons. The number of nitrogens with one attached hydrogen (secondary N) is 1. The van der Waals surface area contributed by atoms with Gasteiger partial charge in [-0.15, -0.1) is 0 Å². The molecule has 0 aromatic heterocycles. The lowest BCUT2D eigenvalue weighted by molar-refractivity contribution is -0.119. The lowest BCUT2D eigenvalue weighted by Gasteiger charge is -2.42. The average Bonchev–Trinajstić information content (AvgIpc) is 2.93.